The lowest BCUT2D eigenvalue weighted by Gasteiger charge is -2.08. The molecule has 6 heteroatoms. The Morgan fingerprint density at radius 3 is 1.33 bits per heavy atom. The van der Waals surface area contributed by atoms with E-state index < -0.39 is 11.9 Å². The first-order valence-electron chi connectivity index (χ1n) is 9.04. The van der Waals surface area contributed by atoms with Crippen LogP contribution in [0.25, 0.3) is 10.8 Å². The van der Waals surface area contributed by atoms with Crippen LogP contribution < -0.4 is 9.47 Å². The molecule has 0 fully saturated rings. The largest absolute Gasteiger partial charge is 0.508 e. The molecular formula is C24H16O6. The zero-order valence-corrected chi connectivity index (χ0v) is 15.6. The molecule has 4 rings (SSSR count). The Morgan fingerprint density at radius 1 is 0.533 bits per heavy atom. The molecule has 148 valence electrons. The molecule has 0 atom stereocenters. The minimum atomic E-state index is -0.552. The van der Waals surface area contributed by atoms with Crippen molar-refractivity contribution in [2.45, 2.75) is 0 Å². The molecule has 4 aromatic rings. The number of carbonyl (C=O) groups excluding carboxylic acids is 2. The first-order chi connectivity index (χ1) is 14.5. The summed E-state index contributed by atoms with van der Waals surface area (Å²) in [5, 5.41) is 20.2. The zero-order valence-electron chi connectivity index (χ0n) is 15.6. The average molecular weight is 400 g/mol. The van der Waals surface area contributed by atoms with Crippen LogP contribution in [0.3, 0.4) is 0 Å². The Balaban J connectivity index is 1.53. The van der Waals surface area contributed by atoms with Crippen LogP contribution in [0.5, 0.6) is 23.0 Å². The number of ether oxygens (including phenoxy) is 2. The van der Waals surface area contributed by atoms with Crippen LogP contribution in [0, 0.1) is 0 Å². The predicted octanol–water partition coefficient (Wildman–Crippen LogP) is 4.69. The number of phenolic OH excluding ortho intramolecular Hbond substituents is 2. The standard InChI is InChI=1S/C24H16O6/c25-19-7-1-16(2-8-19)23(27)29-21-11-5-15-6-12-22(14-18(15)13-21)30-24(28)17-3-9-20(26)10-4-17/h1-14,25-26H. The number of rotatable bonds is 4. The molecule has 0 saturated heterocycles. The molecule has 0 aliphatic rings. The van der Waals surface area contributed by atoms with Gasteiger partial charge in [-0.15, -0.1) is 0 Å². The minimum Gasteiger partial charge on any atom is -0.508 e. The number of aromatic hydroxyl groups is 2. The van der Waals surface area contributed by atoms with Gasteiger partial charge in [0.2, 0.25) is 0 Å². The quantitative estimate of drug-likeness (QED) is 0.381. The van der Waals surface area contributed by atoms with Crippen molar-refractivity contribution in [1.29, 1.82) is 0 Å². The topological polar surface area (TPSA) is 93.1 Å². The Kier molecular flexibility index (Phi) is 5.05. The molecule has 2 N–H and O–H groups in total. The van der Waals surface area contributed by atoms with E-state index in [2.05, 4.69) is 0 Å². The van der Waals surface area contributed by atoms with Crippen molar-refractivity contribution >= 4 is 22.7 Å². The SMILES string of the molecule is O=C(Oc1ccc2ccc(OC(=O)c3ccc(O)cc3)cc2c1)c1ccc(O)cc1. The maximum Gasteiger partial charge on any atom is 0.343 e. The number of esters is 2. The minimum absolute atomic E-state index is 0.0617. The van der Waals surface area contributed by atoms with Crippen molar-refractivity contribution in [3.63, 3.8) is 0 Å². The third-order valence-corrected chi connectivity index (χ3v) is 4.41. The maximum atomic E-state index is 12.3. The lowest BCUT2D eigenvalue weighted by Crippen LogP contribution is -2.08. The molecule has 6 nitrogen and oxygen atoms in total. The number of benzene rings is 4. The lowest BCUT2D eigenvalue weighted by atomic mass is 10.1. The molecule has 4 aromatic carbocycles. The summed E-state index contributed by atoms with van der Waals surface area (Å²) in [6, 6.07) is 21.8. The van der Waals surface area contributed by atoms with E-state index in [9.17, 15) is 19.8 Å². The number of hydrogen-bond donors (Lipinski definition) is 2. The van der Waals surface area contributed by atoms with E-state index in [-0.39, 0.29) is 11.5 Å². The van der Waals surface area contributed by atoms with Crippen LogP contribution in [0.2, 0.25) is 0 Å². The van der Waals surface area contributed by atoms with Gasteiger partial charge in [-0.05, 0) is 83.6 Å². The summed E-state index contributed by atoms with van der Waals surface area (Å²) in [7, 11) is 0. The summed E-state index contributed by atoms with van der Waals surface area (Å²) in [6.07, 6.45) is 0. The summed E-state index contributed by atoms with van der Waals surface area (Å²) >= 11 is 0. The highest BCUT2D eigenvalue weighted by Crippen LogP contribution is 2.26. The van der Waals surface area contributed by atoms with Crippen molar-refractivity contribution in [1.82, 2.24) is 0 Å². The van der Waals surface area contributed by atoms with Crippen LogP contribution in [0.15, 0.2) is 84.9 Å². The van der Waals surface area contributed by atoms with Crippen LogP contribution in [-0.2, 0) is 0 Å². The third-order valence-electron chi connectivity index (χ3n) is 4.41. The predicted molar refractivity (Wildman–Crippen MR) is 110 cm³/mol. The van der Waals surface area contributed by atoms with Crippen LogP contribution in [0.4, 0.5) is 0 Å². The van der Waals surface area contributed by atoms with E-state index in [0.717, 1.165) is 10.8 Å². The second-order valence-electron chi connectivity index (χ2n) is 6.54. The Hall–Kier alpha value is -4.32. The molecule has 0 spiro atoms. The second-order valence-corrected chi connectivity index (χ2v) is 6.54. The van der Waals surface area contributed by atoms with Gasteiger partial charge in [-0.3, -0.25) is 0 Å². The van der Waals surface area contributed by atoms with Gasteiger partial charge in [0.1, 0.15) is 23.0 Å². The van der Waals surface area contributed by atoms with Crippen LogP contribution in [-0.4, -0.2) is 22.2 Å². The van der Waals surface area contributed by atoms with Gasteiger partial charge in [-0.25, -0.2) is 9.59 Å². The van der Waals surface area contributed by atoms with Crippen molar-refractivity contribution in [3.05, 3.63) is 96.1 Å². The molecular weight excluding hydrogens is 384 g/mol. The van der Waals surface area contributed by atoms with Gasteiger partial charge in [0, 0.05) is 0 Å². The van der Waals surface area contributed by atoms with Gasteiger partial charge in [-0.1, -0.05) is 12.1 Å². The van der Waals surface area contributed by atoms with Gasteiger partial charge in [0.25, 0.3) is 0 Å². The molecule has 0 radical (unpaired) electrons. The monoisotopic (exact) mass is 400 g/mol. The second kappa shape index (κ2) is 7.97. The Bertz CT molecular complexity index is 1130. The number of hydrogen-bond acceptors (Lipinski definition) is 6. The van der Waals surface area contributed by atoms with Gasteiger partial charge in [0.15, 0.2) is 0 Å². The van der Waals surface area contributed by atoms with Crippen molar-refractivity contribution in [2.75, 3.05) is 0 Å². The summed E-state index contributed by atoms with van der Waals surface area (Å²) in [5.74, 6) is -0.308. The Morgan fingerprint density at radius 2 is 0.933 bits per heavy atom. The van der Waals surface area contributed by atoms with Crippen LogP contribution >= 0.6 is 0 Å². The van der Waals surface area contributed by atoms with E-state index in [4.69, 9.17) is 9.47 Å². The highest BCUT2D eigenvalue weighted by atomic mass is 16.5. The summed E-state index contributed by atoms with van der Waals surface area (Å²) in [4.78, 5) is 24.5. The normalized spacial score (nSPS) is 10.5. The van der Waals surface area contributed by atoms with Gasteiger partial charge in [0.05, 0.1) is 11.1 Å². The van der Waals surface area contributed by atoms with E-state index in [1.54, 1.807) is 36.4 Å². The summed E-state index contributed by atoms with van der Waals surface area (Å²) < 4.78 is 10.8. The fraction of sp³-hybridized carbons (Fsp3) is 0. The molecule has 0 bridgehead atoms. The zero-order chi connectivity index (χ0) is 21.1. The van der Waals surface area contributed by atoms with E-state index >= 15 is 0 Å². The first-order valence-corrected chi connectivity index (χ1v) is 9.04. The van der Waals surface area contributed by atoms with E-state index in [0.29, 0.717) is 22.6 Å². The van der Waals surface area contributed by atoms with E-state index in [1.165, 1.54) is 48.5 Å². The summed E-state index contributed by atoms with van der Waals surface area (Å²) in [5.41, 5.74) is 0.619. The van der Waals surface area contributed by atoms with Gasteiger partial charge in [-0.2, -0.15) is 0 Å². The molecule has 0 unspecified atom stereocenters. The molecule has 0 amide bonds. The van der Waals surface area contributed by atoms with Crippen molar-refractivity contribution < 1.29 is 29.3 Å². The highest BCUT2D eigenvalue weighted by molar-refractivity contribution is 5.93. The molecule has 0 aliphatic heterocycles. The Labute approximate surface area is 171 Å². The van der Waals surface area contributed by atoms with Crippen LogP contribution in [0.1, 0.15) is 20.7 Å². The summed E-state index contributed by atoms with van der Waals surface area (Å²) in [6.45, 7) is 0. The van der Waals surface area contributed by atoms with Gasteiger partial charge >= 0.3 is 11.9 Å². The fourth-order valence-corrected chi connectivity index (χ4v) is 2.86. The molecule has 0 saturated carbocycles. The molecule has 0 aromatic heterocycles. The average Bonchev–Trinajstić information content (AvgIpc) is 2.74. The smallest absolute Gasteiger partial charge is 0.343 e. The maximum absolute atomic E-state index is 12.3. The third kappa shape index (κ3) is 4.23. The lowest BCUT2D eigenvalue weighted by molar-refractivity contribution is 0.0726. The number of phenols is 2. The number of fused-ring (bicyclic) bond motifs is 1. The molecule has 0 heterocycles. The molecule has 0 aliphatic carbocycles. The van der Waals surface area contributed by atoms with Crippen molar-refractivity contribution in [2.24, 2.45) is 0 Å². The van der Waals surface area contributed by atoms with Crippen molar-refractivity contribution in [3.8, 4) is 23.0 Å². The van der Waals surface area contributed by atoms with E-state index in [1.807, 2.05) is 0 Å². The first kappa shape index (κ1) is 19.0. The van der Waals surface area contributed by atoms with Gasteiger partial charge < -0.3 is 19.7 Å². The number of carbonyl (C=O) groups is 2. The molecule has 30 heavy (non-hydrogen) atoms. The highest BCUT2D eigenvalue weighted by Gasteiger charge is 2.11. The fourth-order valence-electron chi connectivity index (χ4n) is 2.86.